The maximum atomic E-state index is 11.0. The van der Waals surface area contributed by atoms with E-state index in [9.17, 15) is 10.1 Å². The number of aromatic amines is 1. The Morgan fingerprint density at radius 2 is 1.96 bits per heavy atom. The number of halogens is 1. The van der Waals surface area contributed by atoms with E-state index in [2.05, 4.69) is 20.3 Å². The van der Waals surface area contributed by atoms with Crippen LogP contribution in [0.15, 0.2) is 55.0 Å². The second-order valence-corrected chi connectivity index (χ2v) is 5.09. The molecule has 0 aliphatic rings. The van der Waals surface area contributed by atoms with Gasteiger partial charge in [-0.25, -0.2) is 9.97 Å². The molecule has 2 N–H and O–H groups in total. The summed E-state index contributed by atoms with van der Waals surface area (Å²) in [6.45, 7) is 0. The van der Waals surface area contributed by atoms with Crippen molar-refractivity contribution in [3.63, 3.8) is 0 Å². The predicted molar refractivity (Wildman–Crippen MR) is 95.0 cm³/mol. The fraction of sp³-hybridized carbons (Fsp3) is 0. The number of aromatic nitrogens is 3. The molecule has 0 radical (unpaired) electrons. The molecule has 0 fully saturated rings. The van der Waals surface area contributed by atoms with Crippen molar-refractivity contribution in [1.29, 1.82) is 0 Å². The molecule has 0 aliphatic carbocycles. The van der Waals surface area contributed by atoms with Crippen molar-refractivity contribution < 1.29 is 4.92 Å². The minimum absolute atomic E-state index is 0. The molecule has 0 spiro atoms. The lowest BCUT2D eigenvalue weighted by Crippen LogP contribution is -1.97. The normalized spacial score (nSPS) is 10.5. The third-order valence-electron chi connectivity index (χ3n) is 3.65. The quantitative estimate of drug-likeness (QED) is 0.430. The van der Waals surface area contributed by atoms with Crippen LogP contribution in [-0.4, -0.2) is 19.9 Å². The monoisotopic (exact) mass is 341 g/mol. The topological polar surface area (TPSA) is 96.7 Å². The first kappa shape index (κ1) is 15.7. The Hall–Kier alpha value is -3.19. The summed E-state index contributed by atoms with van der Waals surface area (Å²) < 4.78 is 0. The molecule has 8 heteroatoms. The largest absolute Gasteiger partial charge is 0.361 e. The Bertz CT molecular complexity index is 1050. The van der Waals surface area contributed by atoms with Gasteiger partial charge >= 0.3 is 0 Å². The fourth-order valence-electron chi connectivity index (χ4n) is 2.53. The van der Waals surface area contributed by atoms with E-state index in [4.69, 9.17) is 0 Å². The Morgan fingerprint density at radius 3 is 2.79 bits per heavy atom. The van der Waals surface area contributed by atoms with Gasteiger partial charge in [0, 0.05) is 40.3 Å². The van der Waals surface area contributed by atoms with Gasteiger partial charge in [-0.2, -0.15) is 0 Å². The van der Waals surface area contributed by atoms with Gasteiger partial charge in [0.05, 0.1) is 10.4 Å². The lowest BCUT2D eigenvalue weighted by molar-refractivity contribution is -0.384. The summed E-state index contributed by atoms with van der Waals surface area (Å²) >= 11 is 0. The molecule has 4 rings (SSSR count). The van der Waals surface area contributed by atoms with Gasteiger partial charge in [-0.1, -0.05) is 0 Å². The molecular formula is C16H12ClN5O2. The average molecular weight is 342 g/mol. The van der Waals surface area contributed by atoms with Crippen LogP contribution in [0.5, 0.6) is 0 Å². The molecule has 24 heavy (non-hydrogen) atoms. The molecule has 0 atom stereocenters. The zero-order chi connectivity index (χ0) is 15.8. The summed E-state index contributed by atoms with van der Waals surface area (Å²) in [6, 6.07) is 12.4. The highest BCUT2D eigenvalue weighted by molar-refractivity contribution is 5.93. The first-order chi connectivity index (χ1) is 11.2. The number of hydrogen-bond donors (Lipinski definition) is 2. The van der Waals surface area contributed by atoms with Gasteiger partial charge in [0.2, 0.25) is 0 Å². The van der Waals surface area contributed by atoms with Crippen LogP contribution in [0.4, 0.5) is 17.2 Å². The number of H-pyrrole nitrogens is 1. The van der Waals surface area contributed by atoms with Crippen molar-refractivity contribution in [2.75, 3.05) is 5.32 Å². The van der Waals surface area contributed by atoms with Crippen molar-refractivity contribution >= 4 is 51.4 Å². The molecule has 0 saturated carbocycles. The molecule has 2 heterocycles. The summed E-state index contributed by atoms with van der Waals surface area (Å²) in [4.78, 5) is 22.0. The summed E-state index contributed by atoms with van der Waals surface area (Å²) in [5.41, 5.74) is 2.55. The van der Waals surface area contributed by atoms with Gasteiger partial charge < -0.3 is 10.3 Å². The minimum atomic E-state index is -0.428. The smallest absolute Gasteiger partial charge is 0.270 e. The number of benzene rings is 2. The van der Waals surface area contributed by atoms with Gasteiger partial charge in [-0.3, -0.25) is 10.1 Å². The first-order valence-corrected chi connectivity index (χ1v) is 6.94. The van der Waals surface area contributed by atoms with Crippen LogP contribution < -0.4 is 5.32 Å². The van der Waals surface area contributed by atoms with Gasteiger partial charge in [0.1, 0.15) is 12.1 Å². The van der Waals surface area contributed by atoms with E-state index in [1.54, 1.807) is 6.07 Å². The van der Waals surface area contributed by atoms with Gasteiger partial charge in [0.15, 0.2) is 0 Å². The highest BCUT2D eigenvalue weighted by Gasteiger charge is 2.11. The van der Waals surface area contributed by atoms with E-state index in [-0.39, 0.29) is 18.1 Å². The predicted octanol–water partition coefficient (Wildman–Crippen LogP) is 4.18. The van der Waals surface area contributed by atoms with E-state index in [1.807, 2.05) is 30.5 Å². The maximum absolute atomic E-state index is 11.0. The maximum Gasteiger partial charge on any atom is 0.270 e. The van der Waals surface area contributed by atoms with Gasteiger partial charge in [0.25, 0.3) is 5.69 Å². The fourth-order valence-corrected chi connectivity index (χ4v) is 2.53. The Morgan fingerprint density at radius 1 is 1.08 bits per heavy atom. The summed E-state index contributed by atoms with van der Waals surface area (Å²) in [5, 5.41) is 15.9. The highest BCUT2D eigenvalue weighted by atomic mass is 35.5. The SMILES string of the molecule is Cl.O=[N+]([O-])c1ccc2ncnc(Nc3ccc4[nH]ccc4c3)c2c1. The number of nitro benzene ring substituents is 1. The van der Waals surface area contributed by atoms with Crippen LogP contribution in [0.3, 0.4) is 0 Å². The molecule has 2 aromatic heterocycles. The zero-order valence-corrected chi connectivity index (χ0v) is 13.1. The van der Waals surface area contributed by atoms with Crippen molar-refractivity contribution in [2.45, 2.75) is 0 Å². The molecule has 120 valence electrons. The third-order valence-corrected chi connectivity index (χ3v) is 3.65. The first-order valence-electron chi connectivity index (χ1n) is 6.94. The van der Waals surface area contributed by atoms with Crippen LogP contribution in [0, 0.1) is 10.1 Å². The summed E-state index contributed by atoms with van der Waals surface area (Å²) in [6.07, 6.45) is 3.31. The molecular weight excluding hydrogens is 330 g/mol. The van der Waals surface area contributed by atoms with Crippen molar-refractivity contribution in [3.05, 3.63) is 65.1 Å². The van der Waals surface area contributed by atoms with Crippen LogP contribution in [0.2, 0.25) is 0 Å². The molecule has 0 aliphatic heterocycles. The van der Waals surface area contributed by atoms with Gasteiger partial charge in [-0.05, 0) is 30.3 Å². The molecule has 0 bridgehead atoms. The van der Waals surface area contributed by atoms with E-state index in [1.165, 1.54) is 18.5 Å². The van der Waals surface area contributed by atoms with Crippen LogP contribution in [-0.2, 0) is 0 Å². The van der Waals surface area contributed by atoms with Gasteiger partial charge in [-0.15, -0.1) is 12.4 Å². The molecule has 2 aromatic carbocycles. The number of rotatable bonds is 3. The zero-order valence-electron chi connectivity index (χ0n) is 12.3. The number of nitrogens with zero attached hydrogens (tertiary/aromatic N) is 3. The minimum Gasteiger partial charge on any atom is -0.361 e. The van der Waals surface area contributed by atoms with Crippen molar-refractivity contribution in [3.8, 4) is 0 Å². The summed E-state index contributed by atoms with van der Waals surface area (Å²) in [7, 11) is 0. The van der Waals surface area contributed by atoms with Crippen LogP contribution in [0.1, 0.15) is 0 Å². The Kier molecular flexibility index (Phi) is 4.01. The number of fused-ring (bicyclic) bond motifs is 2. The van der Waals surface area contributed by atoms with Crippen molar-refractivity contribution in [1.82, 2.24) is 15.0 Å². The van der Waals surface area contributed by atoms with E-state index in [0.29, 0.717) is 16.7 Å². The molecule has 0 saturated heterocycles. The van der Waals surface area contributed by atoms with E-state index >= 15 is 0 Å². The Labute approximate surface area is 142 Å². The van der Waals surface area contributed by atoms with E-state index in [0.717, 1.165) is 16.6 Å². The number of hydrogen-bond acceptors (Lipinski definition) is 5. The molecule has 0 unspecified atom stereocenters. The molecule has 4 aromatic rings. The van der Waals surface area contributed by atoms with Crippen LogP contribution >= 0.6 is 12.4 Å². The lowest BCUT2D eigenvalue weighted by atomic mass is 10.2. The van der Waals surface area contributed by atoms with E-state index < -0.39 is 4.92 Å². The number of nitrogens with one attached hydrogen (secondary N) is 2. The Balaban J connectivity index is 0.00000169. The third kappa shape index (κ3) is 2.72. The average Bonchev–Trinajstić information content (AvgIpc) is 3.02. The number of nitro groups is 1. The standard InChI is InChI=1S/C16H11N5O2.ClH/c22-21(23)12-2-4-15-13(8-12)16(19-9-18-15)20-11-1-3-14-10(7-11)5-6-17-14;/h1-9,17H,(H,18,19,20);1H. The second kappa shape index (κ2) is 6.13. The second-order valence-electron chi connectivity index (χ2n) is 5.09. The lowest BCUT2D eigenvalue weighted by Gasteiger charge is -2.08. The van der Waals surface area contributed by atoms with Crippen LogP contribution in [0.25, 0.3) is 21.8 Å². The molecule has 0 amide bonds. The highest BCUT2D eigenvalue weighted by Crippen LogP contribution is 2.27. The number of anilines is 2. The number of non-ortho nitro benzene ring substituents is 1. The molecule has 7 nitrogen and oxygen atoms in total. The van der Waals surface area contributed by atoms with Crippen molar-refractivity contribution in [2.24, 2.45) is 0 Å². The summed E-state index contributed by atoms with van der Waals surface area (Å²) in [5.74, 6) is 0.536.